The van der Waals surface area contributed by atoms with E-state index < -0.39 is 11.7 Å². The van der Waals surface area contributed by atoms with Crippen LogP contribution in [-0.2, 0) is 9.53 Å². The number of rotatable bonds is 3. The molecule has 0 saturated carbocycles. The van der Waals surface area contributed by atoms with Crippen LogP contribution in [0, 0.1) is 0 Å². The van der Waals surface area contributed by atoms with E-state index >= 15 is 0 Å². The molecule has 6 heteroatoms. The van der Waals surface area contributed by atoms with E-state index in [9.17, 15) is 9.59 Å². The van der Waals surface area contributed by atoms with Gasteiger partial charge in [0, 0.05) is 19.0 Å². The third-order valence-electron chi connectivity index (χ3n) is 3.57. The fraction of sp³-hybridized carbons (Fsp3) is 0.857. The normalized spacial score (nSPS) is 23.6. The van der Waals surface area contributed by atoms with Crippen LogP contribution in [0.25, 0.3) is 0 Å². The van der Waals surface area contributed by atoms with E-state index in [1.807, 2.05) is 20.8 Å². The molecule has 114 valence electrons. The van der Waals surface area contributed by atoms with Crippen molar-refractivity contribution in [3.63, 3.8) is 0 Å². The third kappa shape index (κ3) is 3.85. The molecule has 2 aliphatic rings. The molecule has 1 N–H and O–H groups in total. The van der Waals surface area contributed by atoms with Gasteiger partial charge in [0.1, 0.15) is 5.60 Å². The van der Waals surface area contributed by atoms with Crippen molar-refractivity contribution in [2.24, 2.45) is 0 Å². The lowest BCUT2D eigenvalue weighted by Crippen LogP contribution is -2.46. The standard InChI is InChI=1S/C14H25N3O3/c1-14(2,3)20-13(19)17-10-7-12(18)16(17)9-6-11-5-4-8-15-11/h11,15H,4-10H2,1-3H3. The topological polar surface area (TPSA) is 61.9 Å². The van der Waals surface area contributed by atoms with Gasteiger partial charge in [0.15, 0.2) is 0 Å². The first-order chi connectivity index (χ1) is 9.37. The van der Waals surface area contributed by atoms with Crippen LogP contribution in [0.4, 0.5) is 4.79 Å². The van der Waals surface area contributed by atoms with Gasteiger partial charge in [0.05, 0.1) is 6.54 Å². The van der Waals surface area contributed by atoms with Crippen LogP contribution in [0.1, 0.15) is 46.5 Å². The monoisotopic (exact) mass is 283 g/mol. The molecule has 2 rings (SSSR count). The summed E-state index contributed by atoms with van der Waals surface area (Å²) in [6.07, 6.45) is 3.17. The van der Waals surface area contributed by atoms with Crippen molar-refractivity contribution in [1.82, 2.24) is 15.3 Å². The molecular formula is C14H25N3O3. The Kier molecular flexibility index (Phi) is 4.52. The van der Waals surface area contributed by atoms with Crippen LogP contribution in [0.3, 0.4) is 0 Å². The van der Waals surface area contributed by atoms with Crippen LogP contribution < -0.4 is 5.32 Å². The number of carbonyl (C=O) groups excluding carboxylic acids is 2. The molecule has 0 spiro atoms. The summed E-state index contributed by atoms with van der Waals surface area (Å²) < 4.78 is 5.35. The van der Waals surface area contributed by atoms with Gasteiger partial charge >= 0.3 is 6.09 Å². The molecule has 1 atom stereocenters. The van der Waals surface area contributed by atoms with Gasteiger partial charge in [0.2, 0.25) is 5.91 Å². The minimum atomic E-state index is -0.540. The van der Waals surface area contributed by atoms with Crippen molar-refractivity contribution in [1.29, 1.82) is 0 Å². The average Bonchev–Trinajstić information content (AvgIpc) is 2.93. The second kappa shape index (κ2) is 5.99. The Morgan fingerprint density at radius 3 is 2.80 bits per heavy atom. The molecule has 0 aliphatic carbocycles. The number of hydrogen-bond donors (Lipinski definition) is 1. The Morgan fingerprint density at radius 2 is 2.20 bits per heavy atom. The number of hydrogen-bond acceptors (Lipinski definition) is 4. The summed E-state index contributed by atoms with van der Waals surface area (Å²) in [7, 11) is 0. The summed E-state index contributed by atoms with van der Waals surface area (Å²) in [5.41, 5.74) is -0.540. The highest BCUT2D eigenvalue weighted by atomic mass is 16.6. The lowest BCUT2D eigenvalue weighted by Gasteiger charge is -2.31. The number of amides is 2. The Morgan fingerprint density at radius 1 is 1.45 bits per heavy atom. The first-order valence-electron chi connectivity index (χ1n) is 7.41. The predicted octanol–water partition coefficient (Wildman–Crippen LogP) is 1.51. The molecule has 1 unspecified atom stereocenters. The Balaban J connectivity index is 1.90. The van der Waals surface area contributed by atoms with E-state index in [-0.39, 0.29) is 5.91 Å². The number of ether oxygens (including phenoxy) is 1. The van der Waals surface area contributed by atoms with Gasteiger partial charge in [-0.05, 0) is 46.6 Å². The average molecular weight is 283 g/mol. The molecule has 0 aromatic rings. The van der Waals surface area contributed by atoms with Crippen LogP contribution in [0.5, 0.6) is 0 Å². The summed E-state index contributed by atoms with van der Waals surface area (Å²) in [6.45, 7) is 7.54. The maximum absolute atomic E-state index is 12.1. The highest BCUT2D eigenvalue weighted by molar-refractivity contribution is 5.82. The van der Waals surface area contributed by atoms with Crippen molar-refractivity contribution in [3.8, 4) is 0 Å². The first-order valence-corrected chi connectivity index (χ1v) is 7.41. The molecule has 20 heavy (non-hydrogen) atoms. The lowest BCUT2D eigenvalue weighted by molar-refractivity contribution is -0.137. The zero-order valence-corrected chi connectivity index (χ0v) is 12.6. The second-order valence-electron chi connectivity index (χ2n) is 6.45. The number of nitrogens with zero attached hydrogens (tertiary/aromatic N) is 2. The van der Waals surface area contributed by atoms with Gasteiger partial charge in [-0.3, -0.25) is 4.79 Å². The summed E-state index contributed by atoms with van der Waals surface area (Å²) in [4.78, 5) is 24.0. The van der Waals surface area contributed by atoms with E-state index in [1.54, 1.807) is 5.01 Å². The second-order valence-corrected chi connectivity index (χ2v) is 6.45. The number of nitrogens with one attached hydrogen (secondary N) is 1. The maximum Gasteiger partial charge on any atom is 0.429 e. The van der Waals surface area contributed by atoms with Gasteiger partial charge in [-0.1, -0.05) is 0 Å². The van der Waals surface area contributed by atoms with E-state index in [4.69, 9.17) is 4.74 Å². The smallest absolute Gasteiger partial charge is 0.429 e. The fourth-order valence-electron chi connectivity index (χ4n) is 2.62. The van der Waals surface area contributed by atoms with Gasteiger partial charge < -0.3 is 10.1 Å². The van der Waals surface area contributed by atoms with Crippen molar-refractivity contribution in [2.75, 3.05) is 19.6 Å². The van der Waals surface area contributed by atoms with Gasteiger partial charge in [0.25, 0.3) is 0 Å². The summed E-state index contributed by atoms with van der Waals surface area (Å²) in [5.74, 6) is 0.00820. The molecule has 0 aromatic heterocycles. The van der Waals surface area contributed by atoms with Gasteiger partial charge in [-0.2, -0.15) is 0 Å². The minimum Gasteiger partial charge on any atom is -0.442 e. The minimum absolute atomic E-state index is 0.00820. The molecular weight excluding hydrogens is 258 g/mol. The molecule has 0 radical (unpaired) electrons. The fourth-order valence-corrected chi connectivity index (χ4v) is 2.62. The zero-order chi connectivity index (χ0) is 14.8. The maximum atomic E-state index is 12.1. The predicted molar refractivity (Wildman–Crippen MR) is 74.9 cm³/mol. The molecule has 0 bridgehead atoms. The molecule has 0 aromatic carbocycles. The lowest BCUT2D eigenvalue weighted by atomic mass is 10.1. The zero-order valence-electron chi connectivity index (χ0n) is 12.6. The molecule has 2 amide bonds. The Hall–Kier alpha value is -1.30. The Labute approximate surface area is 120 Å². The molecule has 6 nitrogen and oxygen atoms in total. The van der Waals surface area contributed by atoms with Crippen molar-refractivity contribution >= 4 is 12.0 Å². The summed E-state index contributed by atoms with van der Waals surface area (Å²) in [5, 5.41) is 6.40. The molecule has 2 saturated heterocycles. The number of hydrazine groups is 1. The highest BCUT2D eigenvalue weighted by Crippen LogP contribution is 2.19. The van der Waals surface area contributed by atoms with Crippen molar-refractivity contribution in [2.45, 2.75) is 58.1 Å². The van der Waals surface area contributed by atoms with Crippen molar-refractivity contribution in [3.05, 3.63) is 0 Å². The summed E-state index contributed by atoms with van der Waals surface area (Å²) in [6, 6.07) is 0.462. The first kappa shape index (κ1) is 15.1. The third-order valence-corrected chi connectivity index (χ3v) is 3.57. The van der Waals surface area contributed by atoms with Crippen LogP contribution in [-0.4, -0.2) is 53.3 Å². The Bertz CT molecular complexity index is 372. The molecule has 2 aliphatic heterocycles. The molecule has 2 fully saturated rings. The van der Waals surface area contributed by atoms with Crippen LogP contribution >= 0.6 is 0 Å². The highest BCUT2D eigenvalue weighted by Gasteiger charge is 2.35. The SMILES string of the molecule is CC(C)(C)OC(=O)N1CCC(=O)N1CCC1CCCN1. The van der Waals surface area contributed by atoms with E-state index in [0.29, 0.717) is 25.6 Å². The van der Waals surface area contributed by atoms with Gasteiger partial charge in [-0.25, -0.2) is 14.8 Å². The van der Waals surface area contributed by atoms with Crippen molar-refractivity contribution < 1.29 is 14.3 Å². The van der Waals surface area contributed by atoms with E-state index in [2.05, 4.69) is 5.32 Å². The molecule has 2 heterocycles. The van der Waals surface area contributed by atoms with E-state index in [0.717, 1.165) is 19.4 Å². The van der Waals surface area contributed by atoms with Crippen LogP contribution in [0.2, 0.25) is 0 Å². The summed E-state index contributed by atoms with van der Waals surface area (Å²) >= 11 is 0. The van der Waals surface area contributed by atoms with Crippen LogP contribution in [0.15, 0.2) is 0 Å². The number of carbonyl (C=O) groups is 2. The van der Waals surface area contributed by atoms with Gasteiger partial charge in [-0.15, -0.1) is 0 Å². The quantitative estimate of drug-likeness (QED) is 0.853. The van der Waals surface area contributed by atoms with E-state index in [1.165, 1.54) is 11.4 Å². The largest absolute Gasteiger partial charge is 0.442 e.